The second kappa shape index (κ2) is 7.38. The molecular formula is C11H14BrN3O5S. The molecule has 0 aliphatic carbocycles. The number of hydrogen-bond acceptors (Lipinski definition) is 4. The van der Waals surface area contributed by atoms with E-state index in [1.807, 2.05) is 0 Å². The highest BCUT2D eigenvalue weighted by atomic mass is 79.9. The fourth-order valence-electron chi connectivity index (χ4n) is 1.38. The van der Waals surface area contributed by atoms with E-state index in [0.717, 1.165) is 6.26 Å². The van der Waals surface area contributed by atoms with Crippen LogP contribution in [0.5, 0.6) is 0 Å². The first-order chi connectivity index (χ1) is 9.69. The van der Waals surface area contributed by atoms with Gasteiger partial charge in [0.2, 0.25) is 10.0 Å². The molecule has 0 saturated heterocycles. The third kappa shape index (κ3) is 6.56. The zero-order chi connectivity index (χ0) is 16.0. The van der Waals surface area contributed by atoms with Gasteiger partial charge in [0.25, 0.3) is 0 Å². The minimum atomic E-state index is -3.31. The Morgan fingerprint density at radius 3 is 2.52 bits per heavy atom. The predicted molar refractivity (Wildman–Crippen MR) is 81.0 cm³/mol. The van der Waals surface area contributed by atoms with Crippen LogP contribution < -0.4 is 15.4 Å². The molecule has 0 aromatic heterocycles. The number of benzene rings is 1. The number of carboxylic acids is 1. The van der Waals surface area contributed by atoms with Gasteiger partial charge in [-0.15, -0.1) is 0 Å². The number of aromatic carboxylic acids is 1. The number of carbonyl (C=O) groups is 2. The maximum absolute atomic E-state index is 11.6. The summed E-state index contributed by atoms with van der Waals surface area (Å²) in [5.41, 5.74) is 0.0769. The molecule has 1 aromatic carbocycles. The summed E-state index contributed by atoms with van der Waals surface area (Å²) >= 11 is 3.14. The smallest absolute Gasteiger partial charge is 0.337 e. The van der Waals surface area contributed by atoms with Gasteiger partial charge in [0.1, 0.15) is 0 Å². The van der Waals surface area contributed by atoms with Gasteiger partial charge in [0.05, 0.1) is 17.5 Å². The Morgan fingerprint density at radius 2 is 1.95 bits per heavy atom. The zero-order valence-corrected chi connectivity index (χ0v) is 13.4. The molecule has 0 atom stereocenters. The Hall–Kier alpha value is -1.65. The van der Waals surface area contributed by atoms with Crippen molar-refractivity contribution in [2.24, 2.45) is 0 Å². The summed E-state index contributed by atoms with van der Waals surface area (Å²) in [6.45, 7) is 0.107. The van der Waals surface area contributed by atoms with Crippen molar-refractivity contribution in [1.82, 2.24) is 10.0 Å². The first-order valence-corrected chi connectivity index (χ1v) is 8.40. The molecular weight excluding hydrogens is 366 g/mol. The molecule has 8 nitrogen and oxygen atoms in total. The molecule has 0 spiro atoms. The van der Waals surface area contributed by atoms with Crippen LogP contribution in [0.15, 0.2) is 22.7 Å². The van der Waals surface area contributed by atoms with Crippen molar-refractivity contribution < 1.29 is 23.1 Å². The van der Waals surface area contributed by atoms with E-state index in [1.165, 1.54) is 12.1 Å². The first-order valence-electron chi connectivity index (χ1n) is 5.71. The van der Waals surface area contributed by atoms with Crippen LogP contribution in [-0.2, 0) is 10.0 Å². The minimum Gasteiger partial charge on any atom is -0.478 e. The van der Waals surface area contributed by atoms with Crippen LogP contribution in [0.3, 0.4) is 0 Å². The van der Waals surface area contributed by atoms with Crippen molar-refractivity contribution in [3.05, 3.63) is 28.2 Å². The van der Waals surface area contributed by atoms with Crippen molar-refractivity contribution in [3.63, 3.8) is 0 Å². The Kier molecular flexibility index (Phi) is 6.12. The van der Waals surface area contributed by atoms with E-state index in [9.17, 15) is 18.0 Å². The van der Waals surface area contributed by atoms with Crippen LogP contribution in [-0.4, -0.2) is 44.9 Å². The molecule has 2 amide bonds. The lowest BCUT2D eigenvalue weighted by molar-refractivity contribution is 0.0698. The highest BCUT2D eigenvalue weighted by Gasteiger charge is 2.12. The molecule has 1 rings (SSSR count). The summed E-state index contributed by atoms with van der Waals surface area (Å²) in [7, 11) is -3.31. The van der Waals surface area contributed by atoms with Crippen molar-refractivity contribution >= 4 is 43.6 Å². The number of carbonyl (C=O) groups excluding carboxylic acids is 1. The molecule has 0 bridgehead atoms. The number of halogens is 1. The largest absolute Gasteiger partial charge is 0.478 e. The van der Waals surface area contributed by atoms with E-state index in [-0.39, 0.29) is 24.3 Å². The topological polar surface area (TPSA) is 125 Å². The quantitative estimate of drug-likeness (QED) is 0.544. The molecule has 0 saturated carbocycles. The van der Waals surface area contributed by atoms with Gasteiger partial charge < -0.3 is 15.7 Å². The summed E-state index contributed by atoms with van der Waals surface area (Å²) < 4.78 is 24.4. The summed E-state index contributed by atoms with van der Waals surface area (Å²) in [4.78, 5) is 22.6. The van der Waals surface area contributed by atoms with Gasteiger partial charge in [-0.1, -0.05) is 15.9 Å². The summed E-state index contributed by atoms with van der Waals surface area (Å²) in [5.74, 6) is -1.18. The Labute approximate surface area is 130 Å². The van der Waals surface area contributed by atoms with Gasteiger partial charge in [-0.2, -0.15) is 0 Å². The molecule has 0 aliphatic rings. The lowest BCUT2D eigenvalue weighted by atomic mass is 10.2. The summed E-state index contributed by atoms with van der Waals surface area (Å²) in [6.07, 6.45) is 1.01. The average molecular weight is 380 g/mol. The van der Waals surface area contributed by atoms with Gasteiger partial charge in [0.15, 0.2) is 0 Å². The molecule has 21 heavy (non-hydrogen) atoms. The van der Waals surface area contributed by atoms with Crippen molar-refractivity contribution in [2.75, 3.05) is 24.7 Å². The van der Waals surface area contributed by atoms with Gasteiger partial charge in [-0.05, 0) is 18.2 Å². The van der Waals surface area contributed by atoms with E-state index >= 15 is 0 Å². The SMILES string of the molecule is CS(=O)(=O)NCCNC(=O)Nc1ccc(Br)cc1C(=O)O. The number of nitrogens with one attached hydrogen (secondary N) is 3. The lowest BCUT2D eigenvalue weighted by Gasteiger charge is -2.10. The van der Waals surface area contributed by atoms with E-state index in [1.54, 1.807) is 6.07 Å². The third-order valence-electron chi connectivity index (χ3n) is 2.24. The zero-order valence-electron chi connectivity index (χ0n) is 11.0. The van der Waals surface area contributed by atoms with Crippen LogP contribution in [0.1, 0.15) is 10.4 Å². The number of amides is 2. The second-order valence-electron chi connectivity index (χ2n) is 4.04. The van der Waals surface area contributed by atoms with Crippen LogP contribution in [0.2, 0.25) is 0 Å². The predicted octanol–water partition coefficient (Wildman–Crippen LogP) is 0.818. The van der Waals surface area contributed by atoms with Crippen LogP contribution in [0.4, 0.5) is 10.5 Å². The highest BCUT2D eigenvalue weighted by molar-refractivity contribution is 9.10. The highest BCUT2D eigenvalue weighted by Crippen LogP contribution is 2.20. The number of rotatable bonds is 6. The fraction of sp³-hybridized carbons (Fsp3) is 0.273. The van der Waals surface area contributed by atoms with E-state index in [2.05, 4.69) is 31.3 Å². The Morgan fingerprint density at radius 1 is 1.29 bits per heavy atom. The molecule has 0 unspecified atom stereocenters. The molecule has 1 aromatic rings. The average Bonchev–Trinajstić information content (AvgIpc) is 2.35. The van der Waals surface area contributed by atoms with Gasteiger partial charge in [-0.3, -0.25) is 0 Å². The van der Waals surface area contributed by atoms with Crippen LogP contribution >= 0.6 is 15.9 Å². The van der Waals surface area contributed by atoms with E-state index in [4.69, 9.17) is 5.11 Å². The number of urea groups is 1. The monoisotopic (exact) mass is 379 g/mol. The van der Waals surface area contributed by atoms with E-state index in [0.29, 0.717) is 4.47 Å². The van der Waals surface area contributed by atoms with Crippen molar-refractivity contribution in [2.45, 2.75) is 0 Å². The lowest BCUT2D eigenvalue weighted by Crippen LogP contribution is -2.36. The molecule has 10 heteroatoms. The maximum atomic E-state index is 11.6. The Bertz CT molecular complexity index is 647. The van der Waals surface area contributed by atoms with Gasteiger partial charge in [-0.25, -0.2) is 22.7 Å². The molecule has 0 heterocycles. The van der Waals surface area contributed by atoms with Crippen LogP contribution in [0.25, 0.3) is 0 Å². The van der Waals surface area contributed by atoms with Crippen LogP contribution in [0, 0.1) is 0 Å². The third-order valence-corrected chi connectivity index (χ3v) is 3.46. The molecule has 0 fully saturated rings. The second-order valence-corrected chi connectivity index (χ2v) is 6.79. The number of carboxylic acid groups (broad SMARTS) is 1. The first kappa shape index (κ1) is 17.4. The molecule has 0 radical (unpaired) electrons. The van der Waals surface area contributed by atoms with Crippen molar-refractivity contribution in [3.8, 4) is 0 Å². The summed E-state index contributed by atoms with van der Waals surface area (Å²) in [5, 5.41) is 13.8. The number of sulfonamides is 1. The maximum Gasteiger partial charge on any atom is 0.337 e. The van der Waals surface area contributed by atoms with Gasteiger partial charge >= 0.3 is 12.0 Å². The number of hydrogen-bond donors (Lipinski definition) is 4. The molecule has 4 N–H and O–H groups in total. The molecule has 116 valence electrons. The molecule has 0 aliphatic heterocycles. The number of anilines is 1. The van der Waals surface area contributed by atoms with Crippen molar-refractivity contribution in [1.29, 1.82) is 0 Å². The minimum absolute atomic E-state index is 0.0401. The normalized spacial score (nSPS) is 11.0. The van der Waals surface area contributed by atoms with E-state index < -0.39 is 22.0 Å². The van der Waals surface area contributed by atoms with Gasteiger partial charge in [0, 0.05) is 17.6 Å². The Balaban J connectivity index is 2.57. The summed E-state index contributed by atoms with van der Waals surface area (Å²) in [6, 6.07) is 3.77. The fourth-order valence-corrected chi connectivity index (χ4v) is 2.22. The standard InChI is InChI=1S/C11H14BrN3O5S/c1-21(19,20)14-5-4-13-11(18)15-9-3-2-7(12)6-8(9)10(16)17/h2-3,6,14H,4-5H2,1H3,(H,16,17)(H2,13,15,18).